The highest BCUT2D eigenvalue weighted by molar-refractivity contribution is 7.80. The third-order valence-electron chi connectivity index (χ3n) is 5.11. The maximum Gasteiger partial charge on any atom is 0.281 e. The largest absolute Gasteiger partial charge is 0.504 e. The second-order valence-corrected chi connectivity index (χ2v) is 7.11. The molecule has 5 nitrogen and oxygen atoms in total. The van der Waals surface area contributed by atoms with Crippen molar-refractivity contribution in [3.05, 3.63) is 58.8 Å². The molecule has 2 aromatic carbocycles. The number of ether oxygens (including phenoxy) is 1. The van der Waals surface area contributed by atoms with E-state index in [0.29, 0.717) is 16.6 Å². The van der Waals surface area contributed by atoms with E-state index < -0.39 is 0 Å². The van der Waals surface area contributed by atoms with Gasteiger partial charge in [-0.2, -0.15) is 0 Å². The number of aromatic hydroxyl groups is 1. The molecule has 6 heteroatoms. The van der Waals surface area contributed by atoms with Crippen molar-refractivity contribution in [2.75, 3.05) is 19.1 Å². The minimum atomic E-state index is -0.160. The van der Waals surface area contributed by atoms with E-state index in [-0.39, 0.29) is 11.7 Å². The molecule has 1 amide bonds. The quantitative estimate of drug-likeness (QED) is 0.653. The lowest BCUT2D eigenvalue weighted by atomic mass is 10.1. The molecule has 1 aliphatic carbocycles. The molecule has 0 radical (unpaired) electrons. The minimum absolute atomic E-state index is 0.0565. The standard InChI is InChI=1S/C21H20N2O3S/c1-22-17(10-13-6-9-18(24)19(11-13)26-2)20(25)23(21(22)27)16-8-7-14-4-3-5-15(14)12-16/h6-12,24H,3-5H2,1-2H3. The molecule has 0 atom stereocenters. The summed E-state index contributed by atoms with van der Waals surface area (Å²) in [4.78, 5) is 16.4. The Balaban J connectivity index is 1.70. The monoisotopic (exact) mass is 380 g/mol. The summed E-state index contributed by atoms with van der Waals surface area (Å²) in [6.07, 6.45) is 5.06. The maximum absolute atomic E-state index is 13.1. The number of methoxy groups -OCH3 is 1. The fraction of sp³-hybridized carbons (Fsp3) is 0.238. The minimum Gasteiger partial charge on any atom is -0.504 e. The molecule has 1 N–H and O–H groups in total. The van der Waals surface area contributed by atoms with Crippen LogP contribution in [0.25, 0.3) is 6.08 Å². The number of anilines is 1. The molecule has 27 heavy (non-hydrogen) atoms. The number of fused-ring (bicyclic) bond motifs is 1. The van der Waals surface area contributed by atoms with Crippen molar-refractivity contribution in [2.24, 2.45) is 0 Å². The van der Waals surface area contributed by atoms with E-state index >= 15 is 0 Å². The zero-order valence-electron chi connectivity index (χ0n) is 15.2. The van der Waals surface area contributed by atoms with Crippen LogP contribution in [0.15, 0.2) is 42.1 Å². The highest BCUT2D eigenvalue weighted by Gasteiger charge is 2.37. The molecular formula is C21H20N2O3S. The van der Waals surface area contributed by atoms with E-state index in [0.717, 1.165) is 30.5 Å². The Morgan fingerprint density at radius 1 is 1.15 bits per heavy atom. The molecule has 1 heterocycles. The van der Waals surface area contributed by atoms with Gasteiger partial charge in [-0.25, -0.2) is 0 Å². The van der Waals surface area contributed by atoms with E-state index in [2.05, 4.69) is 12.1 Å². The first kappa shape index (κ1) is 17.5. The number of phenolic OH excluding ortho intramolecular Hbond substituents is 1. The predicted molar refractivity (Wildman–Crippen MR) is 109 cm³/mol. The number of phenols is 1. The van der Waals surface area contributed by atoms with Gasteiger partial charge in [0.2, 0.25) is 0 Å². The van der Waals surface area contributed by atoms with Crippen LogP contribution in [-0.2, 0) is 17.6 Å². The molecule has 0 spiro atoms. The Labute approximate surface area is 163 Å². The number of nitrogens with zero attached hydrogens (tertiary/aromatic N) is 2. The summed E-state index contributed by atoms with van der Waals surface area (Å²) >= 11 is 5.54. The molecule has 0 bridgehead atoms. The van der Waals surface area contributed by atoms with E-state index in [1.165, 1.54) is 18.2 Å². The van der Waals surface area contributed by atoms with E-state index in [1.54, 1.807) is 41.1 Å². The molecule has 0 unspecified atom stereocenters. The van der Waals surface area contributed by atoms with Gasteiger partial charge in [0, 0.05) is 7.05 Å². The number of hydrogen-bond acceptors (Lipinski definition) is 4. The number of benzene rings is 2. The number of thiocarbonyl (C=S) groups is 1. The van der Waals surface area contributed by atoms with Crippen molar-refractivity contribution in [1.29, 1.82) is 0 Å². The normalized spacial score (nSPS) is 17.8. The van der Waals surface area contributed by atoms with Crippen LogP contribution in [0.1, 0.15) is 23.1 Å². The van der Waals surface area contributed by atoms with Gasteiger partial charge in [-0.1, -0.05) is 12.1 Å². The van der Waals surface area contributed by atoms with Crippen LogP contribution < -0.4 is 9.64 Å². The summed E-state index contributed by atoms with van der Waals surface area (Å²) in [6.45, 7) is 0. The Morgan fingerprint density at radius 3 is 2.70 bits per heavy atom. The van der Waals surface area contributed by atoms with Crippen LogP contribution in [0.5, 0.6) is 11.5 Å². The van der Waals surface area contributed by atoms with Gasteiger partial charge >= 0.3 is 0 Å². The van der Waals surface area contributed by atoms with Crippen LogP contribution >= 0.6 is 12.2 Å². The summed E-state index contributed by atoms with van der Waals surface area (Å²) in [6, 6.07) is 11.1. The molecular weight excluding hydrogens is 360 g/mol. The summed E-state index contributed by atoms with van der Waals surface area (Å²) in [5.41, 5.74) is 4.69. The Bertz CT molecular complexity index is 983. The fourth-order valence-corrected chi connectivity index (χ4v) is 3.91. The number of carbonyl (C=O) groups excluding carboxylic acids is 1. The zero-order valence-corrected chi connectivity index (χ0v) is 16.0. The summed E-state index contributed by atoms with van der Waals surface area (Å²) in [5, 5.41) is 10.2. The SMILES string of the molecule is COc1cc(C=C2C(=O)N(c3ccc4c(c3)CCC4)C(=S)N2C)ccc1O. The average Bonchev–Trinajstić information content (AvgIpc) is 3.21. The summed E-state index contributed by atoms with van der Waals surface area (Å²) < 4.78 is 5.14. The molecule has 138 valence electrons. The molecule has 1 fully saturated rings. The Morgan fingerprint density at radius 2 is 1.93 bits per heavy atom. The molecule has 1 saturated heterocycles. The van der Waals surface area contributed by atoms with Gasteiger partial charge in [-0.15, -0.1) is 0 Å². The van der Waals surface area contributed by atoms with Crippen LogP contribution in [0, 0.1) is 0 Å². The van der Waals surface area contributed by atoms with Crippen molar-refractivity contribution >= 4 is 35.0 Å². The third kappa shape index (κ3) is 2.96. The number of likely N-dealkylation sites (N-methyl/N-ethyl adjacent to an activating group) is 1. The van der Waals surface area contributed by atoms with Crippen molar-refractivity contribution in [3.63, 3.8) is 0 Å². The fourth-order valence-electron chi connectivity index (χ4n) is 3.62. The third-order valence-corrected chi connectivity index (χ3v) is 5.57. The second-order valence-electron chi connectivity index (χ2n) is 6.75. The predicted octanol–water partition coefficient (Wildman–Crippen LogP) is 3.49. The topological polar surface area (TPSA) is 53.0 Å². The van der Waals surface area contributed by atoms with Crippen LogP contribution in [0.4, 0.5) is 5.69 Å². The van der Waals surface area contributed by atoms with E-state index in [9.17, 15) is 9.90 Å². The summed E-state index contributed by atoms with van der Waals surface area (Å²) in [5.74, 6) is 0.254. The highest BCUT2D eigenvalue weighted by Crippen LogP contribution is 2.33. The number of amides is 1. The molecule has 1 aliphatic heterocycles. The lowest BCUT2D eigenvalue weighted by Crippen LogP contribution is -2.31. The number of hydrogen-bond donors (Lipinski definition) is 1. The first-order chi connectivity index (χ1) is 13.0. The van der Waals surface area contributed by atoms with Gasteiger partial charge in [-0.05, 0) is 78.5 Å². The molecule has 0 aromatic heterocycles. The smallest absolute Gasteiger partial charge is 0.281 e. The lowest BCUT2D eigenvalue weighted by molar-refractivity contribution is -0.114. The first-order valence-electron chi connectivity index (χ1n) is 8.82. The maximum atomic E-state index is 13.1. The first-order valence-corrected chi connectivity index (χ1v) is 9.23. The van der Waals surface area contributed by atoms with Gasteiger partial charge in [0.25, 0.3) is 5.91 Å². The van der Waals surface area contributed by atoms with Crippen molar-refractivity contribution in [3.8, 4) is 11.5 Å². The van der Waals surface area contributed by atoms with Crippen LogP contribution in [0.3, 0.4) is 0 Å². The van der Waals surface area contributed by atoms with E-state index in [1.807, 2.05) is 6.07 Å². The molecule has 0 saturated carbocycles. The van der Waals surface area contributed by atoms with E-state index in [4.69, 9.17) is 17.0 Å². The molecule has 2 aromatic rings. The Hall–Kier alpha value is -2.86. The zero-order chi connectivity index (χ0) is 19.1. The van der Waals surface area contributed by atoms with Gasteiger partial charge in [0.15, 0.2) is 16.6 Å². The van der Waals surface area contributed by atoms with Crippen molar-refractivity contribution in [2.45, 2.75) is 19.3 Å². The number of aryl methyl sites for hydroxylation is 2. The van der Waals surface area contributed by atoms with Gasteiger partial charge in [0.1, 0.15) is 5.70 Å². The summed E-state index contributed by atoms with van der Waals surface area (Å²) in [7, 11) is 3.28. The molecule has 4 rings (SSSR count). The van der Waals surface area contributed by atoms with Crippen LogP contribution in [0.2, 0.25) is 0 Å². The average molecular weight is 380 g/mol. The number of rotatable bonds is 3. The highest BCUT2D eigenvalue weighted by atomic mass is 32.1. The van der Waals surface area contributed by atoms with Crippen molar-refractivity contribution in [1.82, 2.24) is 4.90 Å². The molecule has 2 aliphatic rings. The van der Waals surface area contributed by atoms with Gasteiger partial charge in [-0.3, -0.25) is 9.69 Å². The van der Waals surface area contributed by atoms with Gasteiger partial charge in [0.05, 0.1) is 12.8 Å². The number of carbonyl (C=O) groups is 1. The van der Waals surface area contributed by atoms with Crippen LogP contribution in [-0.4, -0.2) is 35.2 Å². The van der Waals surface area contributed by atoms with Gasteiger partial charge < -0.3 is 14.7 Å². The second kappa shape index (κ2) is 6.70. The Kier molecular flexibility index (Phi) is 4.36. The van der Waals surface area contributed by atoms with Crippen molar-refractivity contribution < 1.29 is 14.6 Å². The lowest BCUT2D eigenvalue weighted by Gasteiger charge is -2.17.